The zero-order chi connectivity index (χ0) is 17.9. The van der Waals surface area contributed by atoms with E-state index in [1.54, 1.807) is 0 Å². The van der Waals surface area contributed by atoms with E-state index in [1.807, 2.05) is 78.9 Å². The minimum absolute atomic E-state index is 0.125. The number of ether oxygens (including phenoxy) is 1. The molecule has 0 atom stereocenters. The third-order valence-corrected chi connectivity index (χ3v) is 4.88. The standard InChI is InChI=1S/C23H17ClO2/c24-22-8-4-2-6-18(22)15-26-20-11-9-16(10-12-20)13-19-14-17-5-1-3-7-21(17)23(19)25/h1-13H,14-15H2/b19-13+. The summed E-state index contributed by atoms with van der Waals surface area (Å²) >= 11 is 6.14. The first-order valence-electron chi connectivity index (χ1n) is 8.50. The summed E-state index contributed by atoms with van der Waals surface area (Å²) in [5, 5.41) is 0.702. The van der Waals surface area contributed by atoms with Crippen LogP contribution < -0.4 is 4.74 Å². The van der Waals surface area contributed by atoms with Crippen LogP contribution in [0.4, 0.5) is 0 Å². The lowest BCUT2D eigenvalue weighted by atomic mass is 10.1. The van der Waals surface area contributed by atoms with Crippen LogP contribution in [0, 0.1) is 0 Å². The molecule has 0 heterocycles. The fourth-order valence-corrected chi connectivity index (χ4v) is 3.30. The maximum absolute atomic E-state index is 12.5. The first-order chi connectivity index (χ1) is 12.7. The van der Waals surface area contributed by atoms with E-state index < -0.39 is 0 Å². The minimum Gasteiger partial charge on any atom is -0.489 e. The molecule has 128 valence electrons. The molecule has 3 aromatic rings. The molecule has 4 rings (SSSR count). The Kier molecular flexibility index (Phi) is 4.59. The molecule has 1 aliphatic carbocycles. The van der Waals surface area contributed by atoms with E-state index in [2.05, 4.69) is 0 Å². The van der Waals surface area contributed by atoms with Crippen molar-refractivity contribution in [2.75, 3.05) is 0 Å². The van der Waals surface area contributed by atoms with Gasteiger partial charge < -0.3 is 4.74 Å². The van der Waals surface area contributed by atoms with Crippen LogP contribution in [-0.2, 0) is 13.0 Å². The van der Waals surface area contributed by atoms with Gasteiger partial charge in [-0.05, 0) is 35.4 Å². The van der Waals surface area contributed by atoms with Gasteiger partial charge in [0.15, 0.2) is 5.78 Å². The molecule has 0 saturated heterocycles. The highest BCUT2D eigenvalue weighted by Gasteiger charge is 2.23. The second kappa shape index (κ2) is 7.19. The quantitative estimate of drug-likeness (QED) is 0.554. The van der Waals surface area contributed by atoms with Crippen molar-refractivity contribution in [3.63, 3.8) is 0 Å². The molecule has 0 fully saturated rings. The molecule has 26 heavy (non-hydrogen) atoms. The molecular weight excluding hydrogens is 344 g/mol. The molecule has 0 N–H and O–H groups in total. The monoisotopic (exact) mass is 360 g/mol. The van der Waals surface area contributed by atoms with E-state index in [0.29, 0.717) is 18.1 Å². The molecule has 3 aromatic carbocycles. The van der Waals surface area contributed by atoms with E-state index in [-0.39, 0.29) is 5.78 Å². The molecule has 3 heteroatoms. The van der Waals surface area contributed by atoms with Gasteiger partial charge in [0, 0.05) is 28.1 Å². The van der Waals surface area contributed by atoms with Gasteiger partial charge in [0.25, 0.3) is 0 Å². The third kappa shape index (κ3) is 3.42. The molecule has 0 spiro atoms. The zero-order valence-corrected chi connectivity index (χ0v) is 14.9. The number of Topliss-reactive ketones (excluding diaryl/α,β-unsaturated/α-hetero) is 1. The normalized spacial score (nSPS) is 14.5. The lowest BCUT2D eigenvalue weighted by Gasteiger charge is -2.08. The van der Waals surface area contributed by atoms with Crippen molar-refractivity contribution in [2.45, 2.75) is 13.0 Å². The predicted octanol–water partition coefficient (Wildman–Crippen LogP) is 5.74. The number of benzene rings is 3. The van der Waals surface area contributed by atoms with Crippen molar-refractivity contribution in [3.05, 3.63) is 106 Å². The molecule has 0 aliphatic heterocycles. The highest BCUT2D eigenvalue weighted by Crippen LogP contribution is 2.28. The Morgan fingerprint density at radius 1 is 0.923 bits per heavy atom. The predicted molar refractivity (Wildman–Crippen MR) is 105 cm³/mol. The number of hydrogen-bond acceptors (Lipinski definition) is 2. The molecule has 1 aliphatic rings. The molecule has 0 saturated carbocycles. The van der Waals surface area contributed by atoms with Crippen molar-refractivity contribution in [1.82, 2.24) is 0 Å². The van der Waals surface area contributed by atoms with Gasteiger partial charge in [-0.1, -0.05) is 66.2 Å². The summed E-state index contributed by atoms with van der Waals surface area (Å²) in [5.74, 6) is 0.896. The van der Waals surface area contributed by atoms with E-state index in [0.717, 1.165) is 33.6 Å². The Bertz CT molecular complexity index is 987. The Hall–Kier alpha value is -2.84. The number of fused-ring (bicyclic) bond motifs is 1. The van der Waals surface area contributed by atoms with E-state index in [9.17, 15) is 4.79 Å². The number of carbonyl (C=O) groups is 1. The summed E-state index contributed by atoms with van der Waals surface area (Å²) in [6.07, 6.45) is 2.65. The second-order valence-electron chi connectivity index (χ2n) is 6.28. The van der Waals surface area contributed by atoms with Crippen molar-refractivity contribution < 1.29 is 9.53 Å². The lowest BCUT2D eigenvalue weighted by Crippen LogP contribution is -1.96. The van der Waals surface area contributed by atoms with Crippen LogP contribution in [0.25, 0.3) is 6.08 Å². The molecule has 0 amide bonds. The van der Waals surface area contributed by atoms with E-state index in [4.69, 9.17) is 16.3 Å². The van der Waals surface area contributed by atoms with Crippen LogP contribution in [0.2, 0.25) is 5.02 Å². The summed E-state index contributed by atoms with van der Waals surface area (Å²) in [7, 11) is 0. The smallest absolute Gasteiger partial charge is 0.189 e. The Morgan fingerprint density at radius 2 is 1.65 bits per heavy atom. The molecular formula is C23H17ClO2. The number of halogens is 1. The van der Waals surface area contributed by atoms with Gasteiger partial charge in [-0.25, -0.2) is 0 Å². The van der Waals surface area contributed by atoms with E-state index in [1.165, 1.54) is 0 Å². The SMILES string of the molecule is O=C1/C(=C/c2ccc(OCc3ccccc3Cl)cc2)Cc2ccccc21. The van der Waals surface area contributed by atoms with E-state index >= 15 is 0 Å². The summed E-state index contributed by atoms with van der Waals surface area (Å²) < 4.78 is 5.80. The number of hydrogen-bond donors (Lipinski definition) is 0. The third-order valence-electron chi connectivity index (χ3n) is 4.51. The van der Waals surface area contributed by atoms with Gasteiger partial charge in [-0.3, -0.25) is 4.79 Å². The van der Waals surface area contributed by atoms with Crippen molar-refractivity contribution in [3.8, 4) is 5.75 Å². The Morgan fingerprint density at radius 3 is 2.42 bits per heavy atom. The van der Waals surface area contributed by atoms with Crippen molar-refractivity contribution in [2.24, 2.45) is 0 Å². The van der Waals surface area contributed by atoms with Gasteiger partial charge in [0.05, 0.1) is 0 Å². The van der Waals surface area contributed by atoms with Crippen LogP contribution in [0.1, 0.15) is 27.0 Å². The Balaban J connectivity index is 1.45. The second-order valence-corrected chi connectivity index (χ2v) is 6.69. The largest absolute Gasteiger partial charge is 0.489 e. The topological polar surface area (TPSA) is 26.3 Å². The Labute approximate surface area is 157 Å². The van der Waals surface area contributed by atoms with Crippen LogP contribution >= 0.6 is 11.6 Å². The summed E-state index contributed by atoms with van der Waals surface area (Å²) in [6.45, 7) is 0.425. The highest BCUT2D eigenvalue weighted by molar-refractivity contribution is 6.31. The number of rotatable bonds is 4. The molecule has 0 aromatic heterocycles. The molecule has 2 nitrogen and oxygen atoms in total. The first kappa shape index (κ1) is 16.6. The number of allylic oxidation sites excluding steroid dienone is 1. The maximum Gasteiger partial charge on any atom is 0.189 e. The number of carbonyl (C=O) groups excluding carboxylic acids is 1. The highest BCUT2D eigenvalue weighted by atomic mass is 35.5. The minimum atomic E-state index is 0.125. The first-order valence-corrected chi connectivity index (χ1v) is 8.88. The van der Waals surface area contributed by atoms with Gasteiger partial charge in [-0.2, -0.15) is 0 Å². The summed E-state index contributed by atoms with van der Waals surface area (Å²) in [6, 6.07) is 23.2. The van der Waals surface area contributed by atoms with Crippen LogP contribution in [0.15, 0.2) is 78.4 Å². The summed E-state index contributed by atoms with van der Waals surface area (Å²) in [4.78, 5) is 12.5. The van der Waals surface area contributed by atoms with Crippen molar-refractivity contribution in [1.29, 1.82) is 0 Å². The summed E-state index contributed by atoms with van der Waals surface area (Å²) in [5.41, 5.74) is 4.69. The van der Waals surface area contributed by atoms with Gasteiger partial charge >= 0.3 is 0 Å². The van der Waals surface area contributed by atoms with Gasteiger partial charge in [0.1, 0.15) is 12.4 Å². The van der Waals surface area contributed by atoms with Crippen LogP contribution in [0.3, 0.4) is 0 Å². The van der Waals surface area contributed by atoms with Crippen LogP contribution in [0.5, 0.6) is 5.75 Å². The van der Waals surface area contributed by atoms with Crippen LogP contribution in [-0.4, -0.2) is 5.78 Å². The maximum atomic E-state index is 12.5. The molecule has 0 radical (unpaired) electrons. The fraction of sp³-hybridized carbons (Fsp3) is 0.0870. The molecule has 0 bridgehead atoms. The lowest BCUT2D eigenvalue weighted by molar-refractivity contribution is 0.104. The zero-order valence-electron chi connectivity index (χ0n) is 14.1. The van der Waals surface area contributed by atoms with Gasteiger partial charge in [-0.15, -0.1) is 0 Å². The average molecular weight is 361 g/mol. The number of ketones is 1. The fourth-order valence-electron chi connectivity index (χ4n) is 3.11. The molecule has 0 unspecified atom stereocenters. The van der Waals surface area contributed by atoms with Gasteiger partial charge in [0.2, 0.25) is 0 Å². The van der Waals surface area contributed by atoms with Crippen molar-refractivity contribution >= 4 is 23.5 Å². The average Bonchev–Trinajstić information content (AvgIpc) is 2.98.